The minimum Gasteiger partial charge on any atom is -0.761 e. The molecule has 1 heterocycles. The van der Waals surface area contributed by atoms with Crippen LogP contribution in [0.15, 0.2) is 71.5 Å². The molecule has 3 aromatic carbocycles. The van der Waals surface area contributed by atoms with Crippen molar-refractivity contribution < 1.29 is 4.74 Å². The van der Waals surface area contributed by atoms with Crippen molar-refractivity contribution in [3.05, 3.63) is 93.5 Å². The molecule has 1 N–H and O–H groups in total. The lowest BCUT2D eigenvalue weighted by Crippen LogP contribution is -2.24. The van der Waals surface area contributed by atoms with Crippen LogP contribution in [0, 0.1) is 5.21 Å². The average Bonchev–Trinajstić information content (AvgIpc) is 2.80. The summed E-state index contributed by atoms with van der Waals surface area (Å²) in [5, 5.41) is 11.8. The molecule has 6 heteroatoms. The normalized spacial score (nSPS) is 11.1. The summed E-state index contributed by atoms with van der Waals surface area (Å²) in [7, 11) is 1.61. The molecule has 0 aliphatic heterocycles. The maximum absolute atomic E-state index is 13.1. The van der Waals surface area contributed by atoms with Crippen LogP contribution < -0.4 is 15.9 Å². The fourth-order valence-corrected chi connectivity index (χ4v) is 3.70. The summed E-state index contributed by atoms with van der Waals surface area (Å²) >= 11 is 0. The minimum atomic E-state index is -0.346. The molecule has 0 bridgehead atoms. The zero-order valence-electron chi connectivity index (χ0n) is 17.8. The molecular weight excluding hydrogens is 390 g/mol. The number of ether oxygens (including phenoxy) is 1. The van der Waals surface area contributed by atoms with Crippen LogP contribution in [0.25, 0.3) is 22.2 Å². The van der Waals surface area contributed by atoms with E-state index in [1.807, 2.05) is 41.9 Å². The Balaban J connectivity index is 1.88. The van der Waals surface area contributed by atoms with Gasteiger partial charge in [0, 0.05) is 16.6 Å². The second-order valence-corrected chi connectivity index (χ2v) is 7.79. The van der Waals surface area contributed by atoms with Crippen molar-refractivity contribution in [1.29, 1.82) is 0 Å². The monoisotopic (exact) mass is 414 g/mol. The van der Waals surface area contributed by atoms with Gasteiger partial charge >= 0.3 is 5.69 Å². The Labute approximate surface area is 180 Å². The van der Waals surface area contributed by atoms with E-state index in [1.165, 1.54) is 5.56 Å². The molecule has 31 heavy (non-hydrogen) atoms. The van der Waals surface area contributed by atoms with Crippen molar-refractivity contribution in [2.24, 2.45) is 0 Å². The highest BCUT2D eigenvalue weighted by atomic mass is 16.5. The Hall–Kier alpha value is -3.64. The van der Waals surface area contributed by atoms with E-state index < -0.39 is 0 Å². The Morgan fingerprint density at radius 2 is 1.84 bits per heavy atom. The van der Waals surface area contributed by atoms with E-state index in [0.29, 0.717) is 29.6 Å². The van der Waals surface area contributed by atoms with E-state index in [2.05, 4.69) is 31.0 Å². The van der Waals surface area contributed by atoms with E-state index in [-0.39, 0.29) is 5.69 Å². The zero-order chi connectivity index (χ0) is 22.0. The number of methoxy groups -OCH3 is 1. The molecule has 6 nitrogen and oxygen atoms in total. The molecule has 0 radical (unpaired) electrons. The van der Waals surface area contributed by atoms with Crippen LogP contribution in [0.5, 0.6) is 5.75 Å². The number of hydrogen-bond donors (Lipinski definition) is 1. The standard InChI is InChI=1S/C25H24N3O3/c1-16(2)18-7-9-19(10-8-18)24-22-14-21(31-3)11-12-23(22)28(25(29)26-24)15-17-5-4-6-20(13-17)27-30/h4-14,16,27H,15H2,1-3H3/q-1. The van der Waals surface area contributed by atoms with Crippen molar-refractivity contribution >= 4 is 16.6 Å². The summed E-state index contributed by atoms with van der Waals surface area (Å²) in [4.78, 5) is 17.5. The van der Waals surface area contributed by atoms with Crippen LogP contribution in [0.3, 0.4) is 0 Å². The first kappa shape index (κ1) is 20.6. The van der Waals surface area contributed by atoms with Crippen molar-refractivity contribution in [2.75, 3.05) is 12.6 Å². The van der Waals surface area contributed by atoms with Gasteiger partial charge in [0.25, 0.3) is 0 Å². The summed E-state index contributed by atoms with van der Waals surface area (Å²) in [5.41, 5.74) is 6.31. The molecule has 0 spiro atoms. The van der Waals surface area contributed by atoms with Crippen LogP contribution >= 0.6 is 0 Å². The van der Waals surface area contributed by atoms with Crippen LogP contribution in [0.2, 0.25) is 0 Å². The van der Waals surface area contributed by atoms with Crippen LogP contribution in [0.1, 0.15) is 30.9 Å². The number of rotatable bonds is 6. The molecule has 4 rings (SSSR count). The van der Waals surface area contributed by atoms with Gasteiger partial charge in [0.05, 0.1) is 24.9 Å². The summed E-state index contributed by atoms with van der Waals surface area (Å²) in [6, 6.07) is 20.8. The fourth-order valence-electron chi connectivity index (χ4n) is 3.70. The smallest absolute Gasteiger partial charge is 0.348 e. The Kier molecular flexibility index (Phi) is 5.73. The van der Waals surface area contributed by atoms with Gasteiger partial charge < -0.3 is 15.4 Å². The molecule has 0 atom stereocenters. The lowest BCUT2D eigenvalue weighted by atomic mass is 9.99. The van der Waals surface area contributed by atoms with Crippen molar-refractivity contribution in [2.45, 2.75) is 26.3 Å². The number of nitrogens with zero attached hydrogens (tertiary/aromatic N) is 2. The number of hydrogen-bond acceptors (Lipinski definition) is 5. The third-order valence-corrected chi connectivity index (χ3v) is 5.42. The van der Waals surface area contributed by atoms with Gasteiger partial charge in [-0.2, -0.15) is 4.98 Å². The second kappa shape index (κ2) is 8.62. The fraction of sp³-hybridized carbons (Fsp3) is 0.200. The van der Waals surface area contributed by atoms with E-state index in [4.69, 9.17) is 4.74 Å². The molecule has 0 amide bonds. The predicted octanol–water partition coefficient (Wildman–Crippen LogP) is 5.15. The van der Waals surface area contributed by atoms with Gasteiger partial charge in [-0.1, -0.05) is 50.2 Å². The number of fused-ring (bicyclic) bond motifs is 1. The van der Waals surface area contributed by atoms with Crippen molar-refractivity contribution in [1.82, 2.24) is 9.55 Å². The van der Waals surface area contributed by atoms with Gasteiger partial charge in [-0.05, 0) is 47.4 Å². The number of benzene rings is 3. The highest BCUT2D eigenvalue weighted by molar-refractivity contribution is 5.93. The molecule has 0 aliphatic carbocycles. The lowest BCUT2D eigenvalue weighted by molar-refractivity contribution is 0.415. The Morgan fingerprint density at radius 1 is 1.06 bits per heavy atom. The lowest BCUT2D eigenvalue weighted by Gasteiger charge is -2.16. The van der Waals surface area contributed by atoms with Crippen LogP contribution in [-0.4, -0.2) is 16.7 Å². The Bertz CT molecular complexity index is 1280. The molecule has 0 saturated carbocycles. The SMILES string of the molecule is COc1ccc2c(c1)c(-c1ccc(C(C)C)cc1)nc(=O)n2Cc1cccc(N[O-])c1. The van der Waals surface area contributed by atoms with Crippen molar-refractivity contribution in [3.63, 3.8) is 0 Å². The maximum Gasteiger partial charge on any atom is 0.348 e. The van der Waals surface area contributed by atoms with Crippen molar-refractivity contribution in [3.8, 4) is 17.0 Å². The van der Waals surface area contributed by atoms with E-state index in [0.717, 1.165) is 22.0 Å². The summed E-state index contributed by atoms with van der Waals surface area (Å²) in [6.45, 7) is 4.59. The minimum absolute atomic E-state index is 0.302. The van der Waals surface area contributed by atoms with Gasteiger partial charge in [-0.25, -0.2) is 4.79 Å². The molecule has 4 aromatic rings. The highest BCUT2D eigenvalue weighted by Crippen LogP contribution is 2.30. The third kappa shape index (κ3) is 4.15. The van der Waals surface area contributed by atoms with Gasteiger partial charge in [0.15, 0.2) is 0 Å². The summed E-state index contributed by atoms with van der Waals surface area (Å²) in [6.07, 6.45) is 0. The van der Waals surface area contributed by atoms with Crippen LogP contribution in [0.4, 0.5) is 5.69 Å². The van der Waals surface area contributed by atoms with E-state index in [9.17, 15) is 10.0 Å². The maximum atomic E-state index is 13.1. The molecule has 0 aliphatic rings. The average molecular weight is 414 g/mol. The summed E-state index contributed by atoms with van der Waals surface area (Å²) in [5.74, 6) is 1.11. The molecule has 158 valence electrons. The van der Waals surface area contributed by atoms with Gasteiger partial charge in [0.2, 0.25) is 0 Å². The molecule has 0 fully saturated rings. The quantitative estimate of drug-likeness (QED) is 0.441. The van der Waals surface area contributed by atoms with E-state index in [1.54, 1.807) is 29.9 Å². The van der Waals surface area contributed by atoms with Gasteiger partial charge in [-0.3, -0.25) is 4.57 Å². The molecule has 0 saturated heterocycles. The highest BCUT2D eigenvalue weighted by Gasteiger charge is 2.14. The molecular formula is C25H24N3O3-. The largest absolute Gasteiger partial charge is 0.761 e. The van der Waals surface area contributed by atoms with Gasteiger partial charge in [0.1, 0.15) is 5.75 Å². The van der Waals surface area contributed by atoms with Crippen LogP contribution in [-0.2, 0) is 6.54 Å². The van der Waals surface area contributed by atoms with Gasteiger partial charge in [-0.15, -0.1) is 0 Å². The first-order valence-corrected chi connectivity index (χ1v) is 10.2. The zero-order valence-corrected chi connectivity index (χ0v) is 17.8. The number of nitrogens with one attached hydrogen (secondary N) is 1. The summed E-state index contributed by atoms with van der Waals surface area (Å²) < 4.78 is 7.04. The molecule has 1 aromatic heterocycles. The first-order chi connectivity index (χ1) is 15.0. The van der Waals surface area contributed by atoms with E-state index >= 15 is 0 Å². The molecule has 0 unspecified atom stereocenters. The Morgan fingerprint density at radius 3 is 2.52 bits per heavy atom. The topological polar surface area (TPSA) is 79.2 Å². The third-order valence-electron chi connectivity index (χ3n) is 5.42. The second-order valence-electron chi connectivity index (χ2n) is 7.79. The number of aromatic nitrogens is 2. The predicted molar refractivity (Wildman–Crippen MR) is 125 cm³/mol. The first-order valence-electron chi connectivity index (χ1n) is 10.2. The number of anilines is 1.